The molecule has 0 radical (unpaired) electrons. The Kier molecular flexibility index (Phi) is 7.28. The van der Waals surface area contributed by atoms with Crippen LogP contribution in [0, 0.1) is 11.8 Å². The van der Waals surface area contributed by atoms with Crippen molar-refractivity contribution in [1.29, 1.82) is 0 Å². The minimum absolute atomic E-state index is 0.0775. The van der Waals surface area contributed by atoms with Crippen LogP contribution in [0.3, 0.4) is 0 Å². The molecule has 0 saturated carbocycles. The van der Waals surface area contributed by atoms with Crippen LogP contribution in [0.25, 0.3) is 0 Å². The largest absolute Gasteiger partial charge is 0.396 e. The number of rotatable bonds is 11. The third-order valence-electron chi connectivity index (χ3n) is 7.75. The van der Waals surface area contributed by atoms with Crippen LogP contribution in [0.15, 0.2) is 30.3 Å². The number of carbonyl (C=O) groups excluding carboxylic acids is 3. The molecule has 3 fully saturated rings. The van der Waals surface area contributed by atoms with E-state index in [9.17, 15) is 19.5 Å². The Morgan fingerprint density at radius 3 is 2.59 bits per heavy atom. The SMILES string of the molecule is CCCCCNC(=O)C1N(CCCO)C(=O)[C@@H]2[C@H](C(=O)NCc3ccccc3)[C@]3(C)CCC12O3. The Bertz CT molecular complexity index is 909. The first-order valence-corrected chi connectivity index (χ1v) is 12.6. The number of hydrogen-bond acceptors (Lipinski definition) is 5. The molecule has 3 heterocycles. The normalized spacial score (nSPS) is 31.6. The van der Waals surface area contributed by atoms with E-state index < -0.39 is 29.1 Å². The standard InChI is InChI=1S/C26H37N3O5/c1-3-4-8-14-27-23(32)21-26-13-12-25(2,34-26)19(20(26)24(33)29(21)15-9-16-30)22(31)28-17-18-10-6-5-7-11-18/h5-7,10-11,19-21,30H,3-4,8-9,12-17H2,1-2H3,(H,27,32)(H,28,31)/t19-,20+,21?,25+,26?/m1/s1. The molecule has 8 heteroatoms. The minimum atomic E-state index is -1.01. The topological polar surface area (TPSA) is 108 Å². The number of aliphatic hydroxyl groups excluding tert-OH is 1. The summed E-state index contributed by atoms with van der Waals surface area (Å²) in [5, 5.41) is 15.4. The molecule has 3 saturated heterocycles. The van der Waals surface area contributed by atoms with Gasteiger partial charge in [0.15, 0.2) is 0 Å². The van der Waals surface area contributed by atoms with Crippen LogP contribution >= 0.6 is 0 Å². The van der Waals surface area contributed by atoms with Crippen molar-refractivity contribution in [1.82, 2.24) is 15.5 Å². The van der Waals surface area contributed by atoms with Gasteiger partial charge in [-0.1, -0.05) is 50.1 Å². The van der Waals surface area contributed by atoms with Gasteiger partial charge in [-0.25, -0.2) is 0 Å². The van der Waals surface area contributed by atoms with E-state index in [4.69, 9.17) is 4.74 Å². The van der Waals surface area contributed by atoms with E-state index in [1.807, 2.05) is 37.3 Å². The van der Waals surface area contributed by atoms with Gasteiger partial charge in [-0.15, -0.1) is 0 Å². The van der Waals surface area contributed by atoms with Crippen LogP contribution in [0.1, 0.15) is 57.9 Å². The molecule has 8 nitrogen and oxygen atoms in total. The Morgan fingerprint density at radius 1 is 1.12 bits per heavy atom. The third kappa shape index (κ3) is 4.22. The van der Waals surface area contributed by atoms with Crippen LogP contribution in [-0.2, 0) is 25.7 Å². The first-order chi connectivity index (χ1) is 16.4. The van der Waals surface area contributed by atoms with Crippen molar-refractivity contribution in [3.05, 3.63) is 35.9 Å². The predicted octanol–water partition coefficient (Wildman–Crippen LogP) is 1.76. The number of ether oxygens (including phenoxy) is 1. The van der Waals surface area contributed by atoms with Gasteiger partial charge < -0.3 is 25.4 Å². The highest BCUT2D eigenvalue weighted by atomic mass is 16.5. The van der Waals surface area contributed by atoms with Gasteiger partial charge in [0, 0.05) is 26.2 Å². The van der Waals surface area contributed by atoms with Crippen LogP contribution in [0.5, 0.6) is 0 Å². The zero-order valence-electron chi connectivity index (χ0n) is 20.2. The third-order valence-corrected chi connectivity index (χ3v) is 7.75. The van der Waals surface area contributed by atoms with Crippen LogP contribution in [0.2, 0.25) is 0 Å². The molecule has 5 atom stereocenters. The molecule has 1 spiro atoms. The fraction of sp³-hybridized carbons (Fsp3) is 0.654. The second kappa shape index (κ2) is 10.0. The maximum absolute atomic E-state index is 13.7. The number of fused-ring (bicyclic) bond motifs is 1. The molecular weight excluding hydrogens is 434 g/mol. The molecule has 1 aromatic rings. The molecule has 0 aliphatic carbocycles. The molecule has 3 amide bonds. The van der Waals surface area contributed by atoms with Crippen molar-refractivity contribution in [2.75, 3.05) is 19.7 Å². The number of amides is 3. The van der Waals surface area contributed by atoms with E-state index in [0.29, 0.717) is 32.4 Å². The van der Waals surface area contributed by atoms with Crippen molar-refractivity contribution < 1.29 is 24.2 Å². The fourth-order valence-electron chi connectivity index (χ4n) is 6.19. The lowest BCUT2D eigenvalue weighted by atomic mass is 9.66. The maximum atomic E-state index is 13.7. The summed E-state index contributed by atoms with van der Waals surface area (Å²) in [4.78, 5) is 42.1. The Morgan fingerprint density at radius 2 is 1.88 bits per heavy atom. The summed E-state index contributed by atoms with van der Waals surface area (Å²) in [5.74, 6) is -2.01. The lowest BCUT2D eigenvalue weighted by molar-refractivity contribution is -0.146. The summed E-state index contributed by atoms with van der Waals surface area (Å²) < 4.78 is 6.55. The van der Waals surface area contributed by atoms with Gasteiger partial charge in [0.2, 0.25) is 17.7 Å². The Labute approximate surface area is 201 Å². The van der Waals surface area contributed by atoms with Gasteiger partial charge in [-0.2, -0.15) is 0 Å². The van der Waals surface area contributed by atoms with Gasteiger partial charge in [0.05, 0.1) is 17.4 Å². The van der Waals surface area contributed by atoms with Crippen molar-refractivity contribution in [2.45, 2.75) is 76.2 Å². The lowest BCUT2D eigenvalue weighted by Crippen LogP contribution is -2.55. The molecule has 3 aliphatic heterocycles. The molecule has 3 N–H and O–H groups in total. The molecule has 3 aliphatic rings. The van der Waals surface area contributed by atoms with E-state index in [1.165, 1.54) is 0 Å². The van der Waals surface area contributed by atoms with Crippen LogP contribution < -0.4 is 10.6 Å². The van der Waals surface area contributed by atoms with Crippen molar-refractivity contribution in [3.8, 4) is 0 Å². The Hall–Kier alpha value is -2.45. The maximum Gasteiger partial charge on any atom is 0.245 e. The van der Waals surface area contributed by atoms with E-state index in [2.05, 4.69) is 17.6 Å². The average molecular weight is 472 g/mol. The monoisotopic (exact) mass is 471 g/mol. The molecule has 1 aromatic carbocycles. The van der Waals surface area contributed by atoms with Gasteiger partial charge in [0.25, 0.3) is 0 Å². The van der Waals surface area contributed by atoms with Crippen LogP contribution in [-0.4, -0.2) is 64.7 Å². The van der Waals surface area contributed by atoms with Gasteiger partial charge in [-0.05, 0) is 38.2 Å². The number of nitrogens with one attached hydrogen (secondary N) is 2. The molecule has 186 valence electrons. The number of benzene rings is 1. The number of aliphatic hydroxyl groups is 1. The summed E-state index contributed by atoms with van der Waals surface area (Å²) in [7, 11) is 0. The van der Waals surface area contributed by atoms with E-state index in [0.717, 1.165) is 24.8 Å². The molecule has 2 bridgehead atoms. The summed E-state index contributed by atoms with van der Waals surface area (Å²) in [5.41, 5.74) is -0.818. The summed E-state index contributed by atoms with van der Waals surface area (Å²) >= 11 is 0. The first-order valence-electron chi connectivity index (χ1n) is 12.6. The van der Waals surface area contributed by atoms with Gasteiger partial charge in [0.1, 0.15) is 11.6 Å². The zero-order chi connectivity index (χ0) is 24.3. The number of nitrogens with zero attached hydrogens (tertiary/aromatic N) is 1. The van der Waals surface area contributed by atoms with Crippen LogP contribution in [0.4, 0.5) is 0 Å². The molecule has 34 heavy (non-hydrogen) atoms. The smallest absolute Gasteiger partial charge is 0.245 e. The second-order valence-electron chi connectivity index (χ2n) is 10.0. The Balaban J connectivity index is 1.58. The van der Waals surface area contributed by atoms with Crippen molar-refractivity contribution in [3.63, 3.8) is 0 Å². The highest BCUT2D eigenvalue weighted by Crippen LogP contribution is 2.63. The fourth-order valence-corrected chi connectivity index (χ4v) is 6.19. The van der Waals surface area contributed by atoms with E-state index in [-0.39, 0.29) is 30.9 Å². The minimum Gasteiger partial charge on any atom is -0.396 e. The highest BCUT2D eigenvalue weighted by molar-refractivity contribution is 5.99. The summed E-state index contributed by atoms with van der Waals surface area (Å²) in [6.45, 7) is 5.10. The highest BCUT2D eigenvalue weighted by Gasteiger charge is 2.77. The van der Waals surface area contributed by atoms with E-state index >= 15 is 0 Å². The van der Waals surface area contributed by atoms with Gasteiger partial charge in [-0.3, -0.25) is 14.4 Å². The zero-order valence-corrected chi connectivity index (χ0v) is 20.2. The average Bonchev–Trinajstić information content (AvgIpc) is 3.40. The molecular formula is C26H37N3O5. The molecule has 2 unspecified atom stereocenters. The number of hydrogen-bond donors (Lipinski definition) is 3. The van der Waals surface area contributed by atoms with Crippen molar-refractivity contribution >= 4 is 17.7 Å². The summed E-state index contributed by atoms with van der Waals surface area (Å²) in [6, 6.07) is 8.86. The van der Waals surface area contributed by atoms with E-state index in [1.54, 1.807) is 4.90 Å². The summed E-state index contributed by atoms with van der Waals surface area (Å²) in [6.07, 6.45) is 4.49. The number of carbonyl (C=O) groups is 3. The molecule has 0 aromatic heterocycles. The molecule has 4 rings (SSSR count). The predicted molar refractivity (Wildman–Crippen MR) is 126 cm³/mol. The number of likely N-dealkylation sites (tertiary alicyclic amines) is 1. The second-order valence-corrected chi connectivity index (χ2v) is 10.0. The lowest BCUT2D eigenvalue weighted by Gasteiger charge is -2.33. The van der Waals surface area contributed by atoms with Gasteiger partial charge >= 0.3 is 0 Å². The first kappa shape index (κ1) is 24.7. The number of unbranched alkanes of at least 4 members (excludes halogenated alkanes) is 2. The van der Waals surface area contributed by atoms with Crippen molar-refractivity contribution in [2.24, 2.45) is 11.8 Å². The quantitative estimate of drug-likeness (QED) is 0.426.